The van der Waals surface area contributed by atoms with Crippen LogP contribution in [0.1, 0.15) is 13.3 Å². The number of hydrogen-bond donors (Lipinski definition) is 0. The Balaban J connectivity index is 3.81. The van der Waals surface area contributed by atoms with E-state index in [-0.39, 0.29) is 6.61 Å². The number of nitrogens with zero attached hydrogens (tertiary/aromatic N) is 1. The van der Waals surface area contributed by atoms with Crippen molar-refractivity contribution in [2.45, 2.75) is 13.3 Å². The molecule has 0 radical (unpaired) electrons. The molecule has 0 aliphatic heterocycles. The van der Waals surface area contributed by atoms with Crippen LogP contribution in [0.25, 0.3) is 0 Å². The van der Waals surface area contributed by atoms with Crippen molar-refractivity contribution in [1.82, 2.24) is 0 Å². The summed E-state index contributed by atoms with van der Waals surface area (Å²) in [5.41, 5.74) is 0. The third-order valence-electron chi connectivity index (χ3n) is 0.835. The van der Waals surface area contributed by atoms with E-state index in [1.165, 1.54) is 0 Å². The van der Waals surface area contributed by atoms with Crippen LogP contribution in [0.3, 0.4) is 0 Å². The fourth-order valence-electron chi connectivity index (χ4n) is 0.438. The van der Waals surface area contributed by atoms with Gasteiger partial charge in [0.25, 0.3) is 0 Å². The minimum absolute atomic E-state index is 0.261. The fourth-order valence-corrected chi connectivity index (χ4v) is 2.45. The second-order valence-corrected chi connectivity index (χ2v) is 5.75. The molecule has 0 amide bonds. The molecular weight excluding hydrogens is 312 g/mol. The Hall–Kier alpha value is 0.750. The molecule has 0 saturated carbocycles. The number of rotatable bonds is 6. The van der Waals surface area contributed by atoms with E-state index in [0.717, 1.165) is 0 Å². The van der Waals surface area contributed by atoms with Crippen LogP contribution in [-0.4, -0.2) is 13.2 Å². The van der Waals surface area contributed by atoms with E-state index >= 15 is 0 Å². The van der Waals surface area contributed by atoms with Gasteiger partial charge in [0, 0.05) is 0 Å². The zero-order chi connectivity index (χ0) is 9.45. The quantitative estimate of drug-likeness (QED) is 0.427. The summed E-state index contributed by atoms with van der Waals surface area (Å²) in [7, 11) is 0. The maximum absolute atomic E-state index is 8.23. The van der Waals surface area contributed by atoms with Gasteiger partial charge in [-0.3, -0.25) is 0 Å². The van der Waals surface area contributed by atoms with Crippen LogP contribution in [0.5, 0.6) is 0 Å². The summed E-state index contributed by atoms with van der Waals surface area (Å²) in [6.07, 6.45) is 0.297. The second kappa shape index (κ2) is 7.18. The predicted molar refractivity (Wildman–Crippen MR) is 57.2 cm³/mol. The molecule has 0 bridgehead atoms. The van der Waals surface area contributed by atoms with Crippen molar-refractivity contribution in [2.75, 3.05) is 13.2 Å². The Labute approximate surface area is 91.1 Å². The lowest BCUT2D eigenvalue weighted by Crippen LogP contribution is -1.96. The van der Waals surface area contributed by atoms with Crippen molar-refractivity contribution in [3.8, 4) is 6.07 Å². The van der Waals surface area contributed by atoms with Gasteiger partial charge in [0.05, 0.1) is 25.7 Å². The highest BCUT2D eigenvalue weighted by atomic mass is 127. The van der Waals surface area contributed by atoms with Crippen molar-refractivity contribution >= 4 is 41.5 Å². The smallest absolute Gasteiger partial charge is 0.308 e. The topological polar surface area (TPSA) is 51.5 Å². The van der Waals surface area contributed by atoms with Gasteiger partial charge in [-0.25, -0.2) is 2.85 Å². The summed E-state index contributed by atoms with van der Waals surface area (Å²) in [5.74, 6) is 0. The molecule has 1 unspecified atom stereocenters. The Kier molecular flexibility index (Phi) is 7.63. The average Bonchev–Trinajstić information content (AvgIpc) is 2.06. The van der Waals surface area contributed by atoms with Gasteiger partial charge >= 0.3 is 6.72 Å². The molecule has 4 nitrogen and oxygen atoms in total. The van der Waals surface area contributed by atoms with Crippen LogP contribution in [0.15, 0.2) is 0 Å². The Morgan fingerprint density at radius 3 is 2.67 bits per heavy atom. The molecule has 7 heteroatoms. The summed E-state index contributed by atoms with van der Waals surface area (Å²) in [5, 5.41) is 8.23. The predicted octanol–water partition coefficient (Wildman–Crippen LogP) is 2.54. The summed E-state index contributed by atoms with van der Waals surface area (Å²) < 4.78 is 15.1. The minimum atomic E-state index is -2.56. The van der Waals surface area contributed by atoms with Gasteiger partial charge in [-0.2, -0.15) is 5.26 Å². The normalized spacial score (nSPS) is 15.1. The van der Waals surface area contributed by atoms with Crippen LogP contribution in [0.2, 0.25) is 0 Å². The molecule has 0 rings (SSSR count). The van der Waals surface area contributed by atoms with Gasteiger partial charge < -0.3 is 9.05 Å². The van der Waals surface area contributed by atoms with Gasteiger partial charge in [0.15, 0.2) is 0 Å². The van der Waals surface area contributed by atoms with Gasteiger partial charge in [0.1, 0.15) is 23.0 Å². The van der Waals surface area contributed by atoms with Crippen LogP contribution < -0.4 is 0 Å². The number of halogens is 1. The van der Waals surface area contributed by atoms with Crippen LogP contribution in [0, 0.1) is 11.3 Å². The highest BCUT2D eigenvalue weighted by Crippen LogP contribution is 2.51. The van der Waals surface area contributed by atoms with Crippen molar-refractivity contribution < 1.29 is 11.9 Å². The molecule has 0 spiro atoms. The lowest BCUT2D eigenvalue weighted by atomic mass is 10.5. The molecule has 0 heterocycles. The first-order valence-corrected chi connectivity index (χ1v) is 6.68. The van der Waals surface area contributed by atoms with Crippen LogP contribution in [-0.2, 0) is 23.7 Å². The van der Waals surface area contributed by atoms with E-state index in [2.05, 4.69) is 0 Å². The van der Waals surface area contributed by atoms with E-state index < -0.39 is 6.72 Å². The van der Waals surface area contributed by atoms with E-state index in [0.29, 0.717) is 13.0 Å². The molecule has 0 aromatic rings. The molecule has 0 saturated heterocycles. The van der Waals surface area contributed by atoms with Crippen molar-refractivity contribution in [3.05, 3.63) is 0 Å². The molecule has 0 aromatic carbocycles. The lowest BCUT2D eigenvalue weighted by Gasteiger charge is -2.16. The SMILES string of the molecule is CCOP(=S)(OI)OCCC#N. The van der Waals surface area contributed by atoms with Gasteiger partial charge in [-0.05, 0) is 18.7 Å². The second-order valence-electron chi connectivity index (χ2n) is 1.68. The molecular formula is C5H9INO3PS. The Bertz CT molecular complexity index is 207. The van der Waals surface area contributed by atoms with E-state index in [4.69, 9.17) is 29.0 Å². The van der Waals surface area contributed by atoms with Crippen LogP contribution in [0.4, 0.5) is 0 Å². The van der Waals surface area contributed by atoms with Gasteiger partial charge in [-0.15, -0.1) is 0 Å². The zero-order valence-electron chi connectivity index (χ0n) is 6.53. The molecule has 12 heavy (non-hydrogen) atoms. The van der Waals surface area contributed by atoms with E-state index in [1.807, 2.05) is 13.0 Å². The van der Waals surface area contributed by atoms with Crippen molar-refractivity contribution in [3.63, 3.8) is 0 Å². The number of hydrogen-bond acceptors (Lipinski definition) is 5. The first-order chi connectivity index (χ1) is 5.68. The third kappa shape index (κ3) is 5.41. The highest BCUT2D eigenvalue weighted by molar-refractivity contribution is 14.1. The average molecular weight is 321 g/mol. The molecule has 0 aromatic heterocycles. The minimum Gasteiger partial charge on any atom is -0.308 e. The molecule has 0 aliphatic carbocycles. The maximum atomic E-state index is 8.23. The maximum Gasteiger partial charge on any atom is 0.336 e. The van der Waals surface area contributed by atoms with Crippen molar-refractivity contribution in [2.24, 2.45) is 0 Å². The van der Waals surface area contributed by atoms with Crippen molar-refractivity contribution in [1.29, 1.82) is 5.26 Å². The third-order valence-corrected chi connectivity index (χ3v) is 5.29. The van der Waals surface area contributed by atoms with E-state index in [1.54, 1.807) is 23.0 Å². The van der Waals surface area contributed by atoms with Crippen LogP contribution >= 0.6 is 29.7 Å². The first kappa shape index (κ1) is 12.8. The van der Waals surface area contributed by atoms with E-state index in [9.17, 15) is 0 Å². The molecule has 0 fully saturated rings. The Morgan fingerprint density at radius 1 is 1.58 bits per heavy atom. The lowest BCUT2D eigenvalue weighted by molar-refractivity contribution is 0.226. The standard InChI is InChI=1S/C5H9INO3PS/c1-2-8-11(12,10-6)9-5-3-4-7/h2-3,5H2,1H3. The summed E-state index contributed by atoms with van der Waals surface area (Å²) in [4.78, 5) is 0. The zero-order valence-corrected chi connectivity index (χ0v) is 10.4. The van der Waals surface area contributed by atoms with Gasteiger partial charge in [0.2, 0.25) is 0 Å². The van der Waals surface area contributed by atoms with Gasteiger partial charge in [-0.1, -0.05) is 0 Å². The molecule has 70 valence electrons. The first-order valence-electron chi connectivity index (χ1n) is 3.25. The monoisotopic (exact) mass is 321 g/mol. The summed E-state index contributed by atoms with van der Waals surface area (Å²) in [6, 6.07) is 1.94. The largest absolute Gasteiger partial charge is 0.336 e. The summed E-state index contributed by atoms with van der Waals surface area (Å²) in [6.45, 7) is -0.0392. The fraction of sp³-hybridized carbons (Fsp3) is 0.800. The Morgan fingerprint density at radius 2 is 2.25 bits per heavy atom. The molecule has 1 atom stereocenters. The summed E-state index contributed by atoms with van der Waals surface area (Å²) >= 11 is 6.60. The molecule has 0 aliphatic rings. The molecule has 0 N–H and O–H groups in total. The number of nitriles is 1. The highest BCUT2D eigenvalue weighted by Gasteiger charge is 2.18.